The summed E-state index contributed by atoms with van der Waals surface area (Å²) >= 11 is 0. The first-order valence-electron chi connectivity index (χ1n) is 13.6. The van der Waals surface area contributed by atoms with Crippen molar-refractivity contribution in [3.8, 4) is 0 Å². The van der Waals surface area contributed by atoms with Gasteiger partial charge in [-0.3, -0.25) is 0 Å². The largest absolute Gasteiger partial charge is 0.308 e. The quantitative estimate of drug-likeness (QED) is 0.513. The van der Waals surface area contributed by atoms with Crippen molar-refractivity contribution in [1.82, 2.24) is 5.32 Å². The molecule has 4 fully saturated rings. The molecule has 0 bridgehead atoms. The number of nitrogens with one attached hydrogen (secondary N) is 1. The second kappa shape index (κ2) is 10.8. The predicted octanol–water partition coefficient (Wildman–Crippen LogP) is 8.17. The molecule has 1 N–H and O–H groups in total. The van der Waals surface area contributed by atoms with Crippen molar-refractivity contribution in [2.24, 2.45) is 17.8 Å². The van der Waals surface area contributed by atoms with Crippen LogP contribution in [0.15, 0.2) is 0 Å². The zero-order valence-corrected chi connectivity index (χ0v) is 18.9. The maximum Gasteiger partial charge on any atom is 0.0213 e. The van der Waals surface area contributed by atoms with E-state index in [-0.39, 0.29) is 0 Å². The number of rotatable bonds is 4. The van der Waals surface area contributed by atoms with Gasteiger partial charge in [0.1, 0.15) is 0 Å². The minimum absolute atomic E-state index is 0.580. The molecule has 0 radical (unpaired) electrons. The standard InChI is InChI=1S/C27H49N/c1-3-7-13-23(14-8-4-1)24-15-11-17-25(18-12-16-24)27(21-22-27)28-26-19-9-5-2-6-10-20-26/h23-26,28H,1-22H2. The van der Waals surface area contributed by atoms with Crippen LogP contribution < -0.4 is 5.32 Å². The Morgan fingerprint density at radius 3 is 1.36 bits per heavy atom. The Bertz CT molecular complexity index is 414. The second-order valence-electron chi connectivity index (χ2n) is 11.3. The normalized spacial score (nSPS) is 34.3. The summed E-state index contributed by atoms with van der Waals surface area (Å²) in [4.78, 5) is 0. The third-order valence-electron chi connectivity index (χ3n) is 9.24. The van der Waals surface area contributed by atoms with Gasteiger partial charge in [-0.2, -0.15) is 0 Å². The molecule has 0 aliphatic heterocycles. The third-order valence-corrected chi connectivity index (χ3v) is 9.24. The fraction of sp³-hybridized carbons (Fsp3) is 1.00. The molecule has 0 saturated heterocycles. The van der Waals surface area contributed by atoms with Crippen LogP contribution in [0, 0.1) is 17.8 Å². The van der Waals surface area contributed by atoms with Crippen LogP contribution in [0.25, 0.3) is 0 Å². The summed E-state index contributed by atoms with van der Waals surface area (Å²) in [6.45, 7) is 0. The minimum atomic E-state index is 0.580. The Balaban J connectivity index is 1.26. The van der Waals surface area contributed by atoms with E-state index in [1.54, 1.807) is 25.7 Å². The Hall–Kier alpha value is -0.0400. The van der Waals surface area contributed by atoms with E-state index in [4.69, 9.17) is 0 Å². The summed E-state index contributed by atoms with van der Waals surface area (Å²) in [5, 5.41) is 4.28. The zero-order chi connectivity index (χ0) is 19.1. The van der Waals surface area contributed by atoms with Crippen molar-refractivity contribution >= 4 is 0 Å². The molecule has 0 heterocycles. The van der Waals surface area contributed by atoms with Gasteiger partial charge in [0.2, 0.25) is 0 Å². The summed E-state index contributed by atoms with van der Waals surface area (Å²) in [7, 11) is 0. The van der Waals surface area contributed by atoms with Crippen LogP contribution in [0.4, 0.5) is 0 Å². The lowest BCUT2D eigenvalue weighted by molar-refractivity contribution is 0.179. The van der Waals surface area contributed by atoms with Gasteiger partial charge in [0.15, 0.2) is 0 Å². The first-order chi connectivity index (χ1) is 13.9. The maximum atomic E-state index is 4.28. The lowest BCUT2D eigenvalue weighted by atomic mass is 9.73. The van der Waals surface area contributed by atoms with E-state index in [2.05, 4.69) is 5.32 Å². The molecule has 0 atom stereocenters. The van der Waals surface area contributed by atoms with Crippen LogP contribution in [0.1, 0.15) is 141 Å². The van der Waals surface area contributed by atoms with Gasteiger partial charge >= 0.3 is 0 Å². The highest BCUT2D eigenvalue weighted by molar-refractivity contribution is 5.08. The molecular formula is C27H49N. The van der Waals surface area contributed by atoms with Crippen LogP contribution in [-0.2, 0) is 0 Å². The van der Waals surface area contributed by atoms with Crippen molar-refractivity contribution < 1.29 is 0 Å². The highest BCUT2D eigenvalue weighted by atomic mass is 15.1. The molecule has 1 heteroatoms. The van der Waals surface area contributed by atoms with Crippen LogP contribution in [0.5, 0.6) is 0 Å². The Morgan fingerprint density at radius 1 is 0.429 bits per heavy atom. The fourth-order valence-corrected chi connectivity index (χ4v) is 7.34. The Morgan fingerprint density at radius 2 is 0.857 bits per heavy atom. The highest BCUT2D eigenvalue weighted by Gasteiger charge is 2.49. The maximum absolute atomic E-state index is 4.28. The van der Waals surface area contributed by atoms with Gasteiger partial charge in [-0.05, 0) is 56.3 Å². The minimum Gasteiger partial charge on any atom is -0.308 e. The van der Waals surface area contributed by atoms with E-state index < -0.39 is 0 Å². The number of hydrogen-bond acceptors (Lipinski definition) is 1. The van der Waals surface area contributed by atoms with Crippen LogP contribution in [-0.4, -0.2) is 11.6 Å². The summed E-state index contributed by atoms with van der Waals surface area (Å²) in [6, 6.07) is 0.843. The predicted molar refractivity (Wildman–Crippen MR) is 122 cm³/mol. The molecule has 0 aromatic carbocycles. The van der Waals surface area contributed by atoms with Crippen molar-refractivity contribution in [1.29, 1.82) is 0 Å². The van der Waals surface area contributed by atoms with E-state index >= 15 is 0 Å². The van der Waals surface area contributed by atoms with Crippen molar-refractivity contribution in [2.45, 2.75) is 153 Å². The second-order valence-corrected chi connectivity index (χ2v) is 11.3. The lowest BCUT2D eigenvalue weighted by Gasteiger charge is -2.36. The fourth-order valence-electron chi connectivity index (χ4n) is 7.34. The van der Waals surface area contributed by atoms with Crippen LogP contribution >= 0.6 is 0 Å². The molecular weight excluding hydrogens is 338 g/mol. The van der Waals surface area contributed by atoms with Gasteiger partial charge in [-0.25, -0.2) is 0 Å². The zero-order valence-electron chi connectivity index (χ0n) is 18.9. The van der Waals surface area contributed by atoms with Gasteiger partial charge in [-0.1, -0.05) is 103 Å². The molecule has 0 unspecified atom stereocenters. The van der Waals surface area contributed by atoms with Gasteiger partial charge in [0.05, 0.1) is 0 Å². The van der Waals surface area contributed by atoms with E-state index in [0.29, 0.717) is 5.54 Å². The summed E-state index contributed by atoms with van der Waals surface area (Å²) in [5.41, 5.74) is 0.580. The summed E-state index contributed by atoms with van der Waals surface area (Å²) in [6.07, 6.45) is 33.2. The van der Waals surface area contributed by atoms with E-state index in [9.17, 15) is 0 Å². The van der Waals surface area contributed by atoms with Crippen molar-refractivity contribution in [3.63, 3.8) is 0 Å². The molecule has 0 aromatic rings. The molecule has 4 saturated carbocycles. The first kappa shape index (κ1) is 21.2. The van der Waals surface area contributed by atoms with Crippen LogP contribution in [0.3, 0.4) is 0 Å². The van der Waals surface area contributed by atoms with Gasteiger partial charge in [0, 0.05) is 11.6 Å². The Labute approximate surface area is 176 Å². The topological polar surface area (TPSA) is 12.0 Å². The first-order valence-corrected chi connectivity index (χ1v) is 13.6. The summed E-state index contributed by atoms with van der Waals surface area (Å²) < 4.78 is 0. The third kappa shape index (κ3) is 5.99. The average molecular weight is 388 g/mol. The van der Waals surface area contributed by atoms with E-state index in [1.165, 1.54) is 116 Å². The van der Waals surface area contributed by atoms with E-state index in [1.807, 2.05) is 0 Å². The summed E-state index contributed by atoms with van der Waals surface area (Å²) in [5.74, 6) is 3.16. The molecule has 1 nitrogen and oxygen atoms in total. The lowest BCUT2D eigenvalue weighted by Crippen LogP contribution is -2.45. The SMILES string of the molecule is C1CCCC(NC2(C3CCCC(C4CCCCCCC4)CCC3)CC2)CCC1. The smallest absolute Gasteiger partial charge is 0.0213 e. The molecule has 162 valence electrons. The molecule has 4 aliphatic rings. The van der Waals surface area contributed by atoms with Crippen LogP contribution in [0.2, 0.25) is 0 Å². The van der Waals surface area contributed by atoms with Gasteiger partial charge in [0.25, 0.3) is 0 Å². The van der Waals surface area contributed by atoms with Gasteiger partial charge < -0.3 is 5.32 Å². The van der Waals surface area contributed by atoms with Crippen molar-refractivity contribution in [2.75, 3.05) is 0 Å². The molecule has 0 amide bonds. The van der Waals surface area contributed by atoms with Crippen molar-refractivity contribution in [3.05, 3.63) is 0 Å². The molecule has 4 rings (SSSR count). The number of hydrogen-bond donors (Lipinski definition) is 1. The molecule has 0 spiro atoms. The Kier molecular flexibility index (Phi) is 8.20. The molecule has 0 aromatic heterocycles. The molecule has 4 aliphatic carbocycles. The van der Waals surface area contributed by atoms with E-state index in [0.717, 1.165) is 23.8 Å². The van der Waals surface area contributed by atoms with Gasteiger partial charge in [-0.15, -0.1) is 0 Å². The molecule has 28 heavy (non-hydrogen) atoms. The average Bonchev–Trinajstić information content (AvgIpc) is 3.38. The monoisotopic (exact) mass is 387 g/mol. The highest BCUT2D eigenvalue weighted by Crippen LogP contribution is 2.49.